The van der Waals surface area contributed by atoms with Crippen molar-refractivity contribution in [3.63, 3.8) is 0 Å². The highest BCUT2D eigenvalue weighted by atomic mass is 35.5. The number of rotatable bonds is 8. The number of nitrogens with one attached hydrogen (secondary N) is 1. The molecule has 0 amide bonds. The first-order valence-corrected chi connectivity index (χ1v) is 10.7. The first-order valence-electron chi connectivity index (χ1n) is 10.3. The lowest BCUT2D eigenvalue weighted by molar-refractivity contribution is 0.290. The number of pyridine rings is 2. The molecule has 0 fully saturated rings. The van der Waals surface area contributed by atoms with E-state index in [4.69, 9.17) is 26.4 Å². The Labute approximate surface area is 191 Å². The Kier molecular flexibility index (Phi) is 6.53. The number of aliphatic hydroxyl groups is 1. The molecule has 0 saturated carbocycles. The lowest BCUT2D eigenvalue weighted by atomic mass is 10.0. The smallest absolute Gasteiger partial charge is 0.228 e. The minimum atomic E-state index is 0.122. The molecule has 0 unspecified atom stereocenters. The largest absolute Gasteiger partial charge is 0.480 e. The third-order valence-electron chi connectivity index (χ3n) is 5.36. The maximum absolute atomic E-state index is 9.04. The van der Waals surface area contributed by atoms with Gasteiger partial charge in [0.05, 0.1) is 23.4 Å². The minimum Gasteiger partial charge on any atom is -0.480 e. The molecule has 166 valence electrons. The van der Waals surface area contributed by atoms with E-state index in [1.165, 1.54) is 0 Å². The predicted molar refractivity (Wildman–Crippen MR) is 125 cm³/mol. The van der Waals surface area contributed by atoms with Crippen molar-refractivity contribution in [2.75, 3.05) is 32.2 Å². The van der Waals surface area contributed by atoms with Gasteiger partial charge in [-0.05, 0) is 36.6 Å². The van der Waals surface area contributed by atoms with Gasteiger partial charge < -0.3 is 19.7 Å². The van der Waals surface area contributed by atoms with Gasteiger partial charge in [-0.2, -0.15) is 4.98 Å². The summed E-state index contributed by atoms with van der Waals surface area (Å²) in [4.78, 5) is 23.2. The van der Waals surface area contributed by atoms with Crippen molar-refractivity contribution in [1.29, 1.82) is 0 Å². The van der Waals surface area contributed by atoms with Crippen LogP contribution >= 0.6 is 11.6 Å². The highest BCUT2D eigenvalue weighted by molar-refractivity contribution is 6.31. The molecular formula is C23H25ClN6O2. The predicted octanol–water partition coefficient (Wildman–Crippen LogP) is 3.79. The highest BCUT2D eigenvalue weighted by Crippen LogP contribution is 2.29. The molecule has 32 heavy (non-hydrogen) atoms. The van der Waals surface area contributed by atoms with E-state index in [2.05, 4.69) is 26.0 Å². The quantitative estimate of drug-likeness (QED) is 0.419. The zero-order valence-corrected chi connectivity index (χ0v) is 19.0. The first-order chi connectivity index (χ1) is 15.5. The van der Waals surface area contributed by atoms with Gasteiger partial charge in [-0.1, -0.05) is 17.7 Å². The number of aryl methyl sites for hydroxylation is 1. The second-order valence-corrected chi connectivity index (χ2v) is 8.01. The van der Waals surface area contributed by atoms with E-state index in [-0.39, 0.29) is 6.61 Å². The Hall–Kier alpha value is -3.23. The SMILES string of the molecule is COc1nc(N(C)CCCO)ncc1-c1ccc(Cc2c[nH]c3ncc(Cl)cc23)c(C)n1. The van der Waals surface area contributed by atoms with Crippen LogP contribution in [0, 0.1) is 6.92 Å². The van der Waals surface area contributed by atoms with Crippen LogP contribution in [0.15, 0.2) is 36.8 Å². The van der Waals surface area contributed by atoms with Crippen molar-refractivity contribution >= 4 is 28.6 Å². The zero-order chi connectivity index (χ0) is 22.7. The summed E-state index contributed by atoms with van der Waals surface area (Å²) in [6.45, 7) is 2.76. The molecule has 0 aliphatic carbocycles. The normalized spacial score (nSPS) is 11.2. The lowest BCUT2D eigenvalue weighted by Crippen LogP contribution is -2.22. The number of nitrogens with zero attached hydrogens (tertiary/aromatic N) is 5. The molecule has 9 heteroatoms. The number of aliphatic hydroxyl groups excluding tert-OH is 1. The Balaban J connectivity index is 1.60. The summed E-state index contributed by atoms with van der Waals surface area (Å²) < 4.78 is 5.52. The second-order valence-electron chi connectivity index (χ2n) is 7.57. The van der Waals surface area contributed by atoms with Crippen LogP contribution in [0.2, 0.25) is 5.02 Å². The van der Waals surface area contributed by atoms with Crippen LogP contribution in [0.4, 0.5) is 5.95 Å². The van der Waals surface area contributed by atoms with E-state index in [1.807, 2.05) is 37.2 Å². The molecule has 2 N–H and O–H groups in total. The fourth-order valence-electron chi connectivity index (χ4n) is 3.59. The van der Waals surface area contributed by atoms with Crippen LogP contribution < -0.4 is 9.64 Å². The first kappa shape index (κ1) is 22.0. The van der Waals surface area contributed by atoms with Gasteiger partial charge in [0.2, 0.25) is 11.8 Å². The van der Waals surface area contributed by atoms with E-state index in [9.17, 15) is 0 Å². The fourth-order valence-corrected chi connectivity index (χ4v) is 3.75. The fraction of sp³-hybridized carbons (Fsp3) is 0.304. The number of halogens is 1. The summed E-state index contributed by atoms with van der Waals surface area (Å²) >= 11 is 6.13. The van der Waals surface area contributed by atoms with Crippen LogP contribution in [0.3, 0.4) is 0 Å². The highest BCUT2D eigenvalue weighted by Gasteiger charge is 2.15. The van der Waals surface area contributed by atoms with Crippen molar-refractivity contribution in [3.8, 4) is 17.1 Å². The molecule has 8 nitrogen and oxygen atoms in total. The molecule has 0 radical (unpaired) electrons. The summed E-state index contributed by atoms with van der Waals surface area (Å²) in [7, 11) is 3.47. The third kappa shape index (κ3) is 4.51. The van der Waals surface area contributed by atoms with E-state index in [0.29, 0.717) is 36.2 Å². The molecule has 0 saturated heterocycles. The number of aromatic nitrogens is 5. The number of anilines is 1. The van der Waals surface area contributed by atoms with E-state index < -0.39 is 0 Å². The van der Waals surface area contributed by atoms with Crippen LogP contribution in [0.1, 0.15) is 23.2 Å². The van der Waals surface area contributed by atoms with Gasteiger partial charge >= 0.3 is 0 Å². The van der Waals surface area contributed by atoms with Crippen molar-refractivity contribution in [3.05, 3.63) is 58.6 Å². The molecule has 0 atom stereocenters. The summed E-state index contributed by atoms with van der Waals surface area (Å²) in [6.07, 6.45) is 6.68. The van der Waals surface area contributed by atoms with Gasteiger partial charge in [0.1, 0.15) is 5.65 Å². The zero-order valence-electron chi connectivity index (χ0n) is 18.3. The summed E-state index contributed by atoms with van der Waals surface area (Å²) in [6, 6.07) is 5.95. The number of fused-ring (bicyclic) bond motifs is 1. The van der Waals surface area contributed by atoms with Gasteiger partial charge in [0.15, 0.2) is 0 Å². The molecule has 0 aromatic carbocycles. The molecule has 4 heterocycles. The Morgan fingerprint density at radius 2 is 2.00 bits per heavy atom. The number of H-pyrrole nitrogens is 1. The topological polar surface area (TPSA) is 100 Å². The van der Waals surface area contributed by atoms with Crippen molar-refractivity contribution in [2.45, 2.75) is 19.8 Å². The monoisotopic (exact) mass is 452 g/mol. The number of ether oxygens (including phenoxy) is 1. The summed E-state index contributed by atoms with van der Waals surface area (Å²) in [5.74, 6) is 1.00. The average molecular weight is 453 g/mol. The maximum Gasteiger partial charge on any atom is 0.228 e. The van der Waals surface area contributed by atoms with Gasteiger partial charge in [-0.25, -0.2) is 9.97 Å². The molecule has 0 bridgehead atoms. The molecule has 0 spiro atoms. The standard InChI is InChI=1S/C23H25ClN6O2/c1-14-15(9-16-11-25-21-18(16)10-17(24)12-26-21)5-6-20(28-14)19-13-27-23(29-22(19)32-3)30(2)7-4-8-31/h5-6,10-13,31H,4,7-9H2,1-3H3,(H,25,26). The van der Waals surface area contributed by atoms with Gasteiger partial charge in [0.25, 0.3) is 0 Å². The van der Waals surface area contributed by atoms with E-state index in [0.717, 1.165) is 39.1 Å². The molecular weight excluding hydrogens is 428 g/mol. The molecule has 0 aliphatic rings. The van der Waals surface area contributed by atoms with Gasteiger partial charge in [-0.15, -0.1) is 0 Å². The molecule has 0 aliphatic heterocycles. The summed E-state index contributed by atoms with van der Waals surface area (Å²) in [5.41, 5.74) is 5.43. The second kappa shape index (κ2) is 9.50. The summed E-state index contributed by atoms with van der Waals surface area (Å²) in [5, 5.41) is 10.7. The number of hydrogen-bond donors (Lipinski definition) is 2. The molecule has 4 aromatic rings. The number of methoxy groups -OCH3 is 1. The molecule has 4 rings (SSSR count). The van der Waals surface area contributed by atoms with Crippen LogP contribution in [-0.2, 0) is 6.42 Å². The maximum atomic E-state index is 9.04. The number of aromatic amines is 1. The Bertz CT molecular complexity index is 1240. The Morgan fingerprint density at radius 3 is 2.75 bits per heavy atom. The number of hydrogen-bond acceptors (Lipinski definition) is 7. The van der Waals surface area contributed by atoms with Crippen molar-refractivity contribution in [1.82, 2.24) is 24.9 Å². The lowest BCUT2D eigenvalue weighted by Gasteiger charge is -2.18. The van der Waals surface area contributed by atoms with Crippen molar-refractivity contribution in [2.24, 2.45) is 0 Å². The van der Waals surface area contributed by atoms with Crippen LogP contribution in [0.25, 0.3) is 22.3 Å². The van der Waals surface area contributed by atoms with Crippen molar-refractivity contribution < 1.29 is 9.84 Å². The molecule has 4 aromatic heterocycles. The van der Waals surface area contributed by atoms with Gasteiger partial charge in [-0.3, -0.25) is 4.98 Å². The Morgan fingerprint density at radius 1 is 1.16 bits per heavy atom. The third-order valence-corrected chi connectivity index (χ3v) is 5.57. The van der Waals surface area contributed by atoms with Crippen LogP contribution in [0.5, 0.6) is 5.88 Å². The van der Waals surface area contributed by atoms with Gasteiger partial charge in [0, 0.05) is 56.3 Å². The average Bonchev–Trinajstić information content (AvgIpc) is 3.20. The minimum absolute atomic E-state index is 0.122. The van der Waals surface area contributed by atoms with Crippen LogP contribution in [-0.4, -0.2) is 57.3 Å². The van der Waals surface area contributed by atoms with E-state index in [1.54, 1.807) is 19.5 Å². The van der Waals surface area contributed by atoms with E-state index >= 15 is 0 Å².